The third-order valence-corrected chi connectivity index (χ3v) is 4.52. The molecule has 2 atom stereocenters. The fraction of sp³-hybridized carbons (Fsp3) is 0.579. The van der Waals surface area contributed by atoms with E-state index < -0.39 is 29.1 Å². The van der Waals surface area contributed by atoms with Gasteiger partial charge in [-0.3, -0.25) is 4.79 Å². The number of ether oxygens (including phenoxy) is 1. The van der Waals surface area contributed by atoms with Crippen molar-refractivity contribution in [2.24, 2.45) is 5.41 Å². The Hall–Kier alpha value is -1.60. The highest BCUT2D eigenvalue weighted by molar-refractivity contribution is 9.10. The maximum atomic E-state index is 12.2. The van der Waals surface area contributed by atoms with Gasteiger partial charge in [0.25, 0.3) is 0 Å². The van der Waals surface area contributed by atoms with Crippen LogP contribution >= 0.6 is 15.9 Å². The molecule has 1 aromatic rings. The zero-order valence-electron chi connectivity index (χ0n) is 15.7. The lowest BCUT2D eigenvalue weighted by atomic mass is 9.79. The zero-order chi connectivity index (χ0) is 20.0. The lowest BCUT2D eigenvalue weighted by Crippen LogP contribution is -2.44. The van der Waals surface area contributed by atoms with E-state index >= 15 is 0 Å². The standard InChI is InChI=1S/C19H28BrNO5/c1-18(2,3)26-17(25)21-15(11-13-5-7-14(20)8-6-13)12-19(4,9-10-22)16(23)24/h5-8,15,22H,9-12H2,1-4H3,(H,21,25)(H,23,24)/t15-,19-/m1/s1. The molecule has 0 heterocycles. The van der Waals surface area contributed by atoms with Gasteiger partial charge in [-0.15, -0.1) is 0 Å². The maximum Gasteiger partial charge on any atom is 0.407 e. The normalized spacial score (nSPS) is 15.0. The Kier molecular flexibility index (Phi) is 8.09. The number of carboxylic acid groups (broad SMARTS) is 1. The number of rotatable bonds is 8. The number of carboxylic acids is 1. The molecule has 26 heavy (non-hydrogen) atoms. The topological polar surface area (TPSA) is 95.9 Å². The molecule has 0 saturated carbocycles. The first-order chi connectivity index (χ1) is 11.9. The molecule has 0 bridgehead atoms. The maximum absolute atomic E-state index is 12.2. The van der Waals surface area contributed by atoms with Gasteiger partial charge in [0.15, 0.2) is 0 Å². The molecule has 0 saturated heterocycles. The number of nitrogens with one attached hydrogen (secondary N) is 1. The van der Waals surface area contributed by atoms with Crippen molar-refractivity contribution in [1.82, 2.24) is 5.32 Å². The van der Waals surface area contributed by atoms with Gasteiger partial charge in [-0.25, -0.2) is 4.79 Å². The Bertz CT molecular complexity index is 611. The van der Waals surface area contributed by atoms with Crippen molar-refractivity contribution in [1.29, 1.82) is 0 Å². The monoisotopic (exact) mass is 429 g/mol. The predicted octanol–water partition coefficient (Wildman–Crippen LogP) is 3.75. The molecule has 0 radical (unpaired) electrons. The minimum atomic E-state index is -1.15. The Balaban J connectivity index is 2.97. The fourth-order valence-electron chi connectivity index (χ4n) is 2.64. The average molecular weight is 430 g/mol. The summed E-state index contributed by atoms with van der Waals surface area (Å²) in [6.45, 7) is 6.65. The summed E-state index contributed by atoms with van der Waals surface area (Å²) in [6.07, 6.45) is 0.158. The average Bonchev–Trinajstić information content (AvgIpc) is 2.47. The second kappa shape index (κ2) is 9.37. The van der Waals surface area contributed by atoms with Crippen molar-refractivity contribution in [3.05, 3.63) is 34.3 Å². The molecule has 0 aliphatic heterocycles. The van der Waals surface area contributed by atoms with Gasteiger partial charge in [-0.1, -0.05) is 28.1 Å². The van der Waals surface area contributed by atoms with E-state index in [2.05, 4.69) is 21.2 Å². The number of halogens is 1. The van der Waals surface area contributed by atoms with Crippen LogP contribution in [-0.4, -0.2) is 40.5 Å². The molecular formula is C19H28BrNO5. The van der Waals surface area contributed by atoms with E-state index in [0.717, 1.165) is 10.0 Å². The molecule has 3 N–H and O–H groups in total. The molecule has 0 aromatic heterocycles. The summed E-state index contributed by atoms with van der Waals surface area (Å²) in [4.78, 5) is 23.9. The van der Waals surface area contributed by atoms with Crippen molar-refractivity contribution in [2.45, 2.75) is 58.6 Å². The van der Waals surface area contributed by atoms with Crippen LogP contribution in [0, 0.1) is 5.41 Å². The molecule has 1 rings (SSSR count). The Labute approximate surface area is 163 Å². The van der Waals surface area contributed by atoms with Crippen molar-refractivity contribution in [3.8, 4) is 0 Å². The van der Waals surface area contributed by atoms with Gasteiger partial charge in [0.1, 0.15) is 5.60 Å². The number of benzene rings is 1. The van der Waals surface area contributed by atoms with Crippen molar-refractivity contribution < 1.29 is 24.5 Å². The predicted molar refractivity (Wildman–Crippen MR) is 103 cm³/mol. The number of alkyl carbamates (subject to hydrolysis) is 1. The number of aliphatic hydroxyl groups is 1. The first-order valence-corrected chi connectivity index (χ1v) is 9.33. The lowest BCUT2D eigenvalue weighted by molar-refractivity contribution is -0.149. The van der Waals surface area contributed by atoms with E-state index in [1.165, 1.54) is 0 Å². The van der Waals surface area contributed by atoms with Crippen LogP contribution < -0.4 is 5.32 Å². The highest BCUT2D eigenvalue weighted by Gasteiger charge is 2.36. The van der Waals surface area contributed by atoms with Crippen LogP contribution in [0.1, 0.15) is 46.1 Å². The number of carbonyl (C=O) groups is 2. The summed E-state index contributed by atoms with van der Waals surface area (Å²) in [5, 5.41) is 21.6. The van der Waals surface area contributed by atoms with E-state index in [1.807, 2.05) is 24.3 Å². The van der Waals surface area contributed by atoms with Gasteiger partial charge in [-0.05, 0) is 64.7 Å². The fourth-order valence-corrected chi connectivity index (χ4v) is 2.90. The van der Waals surface area contributed by atoms with E-state index in [1.54, 1.807) is 27.7 Å². The third-order valence-electron chi connectivity index (χ3n) is 3.99. The Morgan fingerprint density at radius 3 is 2.23 bits per heavy atom. The summed E-state index contributed by atoms with van der Waals surface area (Å²) in [7, 11) is 0. The Morgan fingerprint density at radius 2 is 1.77 bits per heavy atom. The summed E-state index contributed by atoms with van der Waals surface area (Å²) in [5.74, 6) is -1.00. The van der Waals surface area contributed by atoms with Crippen molar-refractivity contribution in [3.63, 3.8) is 0 Å². The van der Waals surface area contributed by atoms with Gasteiger partial charge in [-0.2, -0.15) is 0 Å². The first kappa shape index (κ1) is 22.4. The SMILES string of the molecule is CC(C)(C)OC(=O)N[C@H](Cc1ccc(Br)cc1)C[C@@](C)(CCO)C(=O)O. The quantitative estimate of drug-likeness (QED) is 0.584. The summed E-state index contributed by atoms with van der Waals surface area (Å²) >= 11 is 3.38. The molecule has 146 valence electrons. The second-order valence-corrected chi connectivity index (χ2v) is 8.63. The smallest absolute Gasteiger partial charge is 0.407 e. The largest absolute Gasteiger partial charge is 0.481 e. The van der Waals surface area contributed by atoms with Crippen LogP contribution in [0.25, 0.3) is 0 Å². The summed E-state index contributed by atoms with van der Waals surface area (Å²) in [6, 6.07) is 7.17. The van der Waals surface area contributed by atoms with Crippen molar-refractivity contribution in [2.75, 3.05) is 6.61 Å². The van der Waals surface area contributed by atoms with Crippen LogP contribution in [0.4, 0.5) is 4.79 Å². The van der Waals surface area contributed by atoms with Crippen LogP contribution in [0.5, 0.6) is 0 Å². The molecule has 0 fully saturated rings. The van der Waals surface area contributed by atoms with Crippen LogP contribution in [-0.2, 0) is 16.0 Å². The number of aliphatic hydroxyl groups excluding tert-OH is 1. The Morgan fingerprint density at radius 1 is 1.19 bits per heavy atom. The molecule has 6 nitrogen and oxygen atoms in total. The van der Waals surface area contributed by atoms with Gasteiger partial charge in [0.05, 0.1) is 5.41 Å². The highest BCUT2D eigenvalue weighted by Crippen LogP contribution is 2.29. The minimum Gasteiger partial charge on any atom is -0.481 e. The molecular weight excluding hydrogens is 402 g/mol. The molecule has 0 spiro atoms. The number of aliphatic carboxylic acids is 1. The molecule has 7 heteroatoms. The molecule has 1 aromatic carbocycles. The minimum absolute atomic E-state index is 0.106. The van der Waals surface area contributed by atoms with E-state index in [4.69, 9.17) is 4.74 Å². The number of carbonyl (C=O) groups excluding carboxylic acids is 1. The van der Waals surface area contributed by atoms with Gasteiger partial charge >= 0.3 is 12.1 Å². The van der Waals surface area contributed by atoms with Crippen LogP contribution in [0.15, 0.2) is 28.7 Å². The second-order valence-electron chi connectivity index (χ2n) is 7.72. The summed E-state index contributed by atoms with van der Waals surface area (Å²) in [5.41, 5.74) is -0.831. The lowest BCUT2D eigenvalue weighted by Gasteiger charge is -2.30. The highest BCUT2D eigenvalue weighted by atomic mass is 79.9. The van der Waals surface area contributed by atoms with Gasteiger partial charge < -0.3 is 20.3 Å². The molecule has 0 unspecified atom stereocenters. The molecule has 0 aliphatic rings. The number of hydrogen-bond acceptors (Lipinski definition) is 4. The molecule has 0 aliphatic carbocycles. The van der Waals surface area contributed by atoms with Gasteiger partial charge in [0.2, 0.25) is 0 Å². The van der Waals surface area contributed by atoms with E-state index in [-0.39, 0.29) is 19.4 Å². The van der Waals surface area contributed by atoms with Crippen LogP contribution in [0.3, 0.4) is 0 Å². The summed E-state index contributed by atoms with van der Waals surface area (Å²) < 4.78 is 6.24. The van der Waals surface area contributed by atoms with E-state index in [9.17, 15) is 19.8 Å². The number of hydrogen-bond donors (Lipinski definition) is 3. The molecule has 1 amide bonds. The van der Waals surface area contributed by atoms with Crippen molar-refractivity contribution >= 4 is 28.0 Å². The van der Waals surface area contributed by atoms with Gasteiger partial charge in [0, 0.05) is 17.1 Å². The van der Waals surface area contributed by atoms with Crippen LogP contribution in [0.2, 0.25) is 0 Å². The zero-order valence-corrected chi connectivity index (χ0v) is 17.3. The first-order valence-electron chi connectivity index (χ1n) is 8.53. The number of amides is 1. The third kappa shape index (κ3) is 7.74. The van der Waals surface area contributed by atoms with E-state index in [0.29, 0.717) is 6.42 Å².